The Bertz CT molecular complexity index is 2380. The third kappa shape index (κ3) is 4.01. The molecule has 0 radical (unpaired) electrons. The van der Waals surface area contributed by atoms with Gasteiger partial charge >= 0.3 is 0 Å². The summed E-state index contributed by atoms with van der Waals surface area (Å²) in [5.41, 5.74) is 8.17. The predicted octanol–water partition coefficient (Wildman–Crippen LogP) is 10.0. The fourth-order valence-electron chi connectivity index (χ4n) is 6.56. The van der Waals surface area contributed by atoms with Crippen LogP contribution in [-0.4, -0.2) is 19.5 Å². The minimum absolute atomic E-state index is 0.634. The minimum Gasteiger partial charge on any atom is -0.278 e. The van der Waals surface area contributed by atoms with E-state index < -0.39 is 0 Å². The van der Waals surface area contributed by atoms with Crippen molar-refractivity contribution in [3.05, 3.63) is 144 Å². The van der Waals surface area contributed by atoms with Crippen LogP contribution in [0.25, 0.3) is 71.4 Å². The number of nitrogens with zero attached hydrogens (tertiary/aromatic N) is 4. The molecule has 5 heteroatoms. The maximum Gasteiger partial charge on any atom is 0.238 e. The second kappa shape index (κ2) is 10.1. The predicted molar refractivity (Wildman–Crippen MR) is 183 cm³/mol. The lowest BCUT2D eigenvalue weighted by molar-refractivity contribution is 0.907. The molecule has 9 rings (SSSR count). The molecule has 0 saturated carbocycles. The number of aryl methyl sites for hydroxylation is 1. The van der Waals surface area contributed by atoms with Gasteiger partial charge in [0.05, 0.1) is 11.2 Å². The molecule has 0 N–H and O–H groups in total. The number of fused-ring (bicyclic) bond motifs is 6. The van der Waals surface area contributed by atoms with Crippen molar-refractivity contribution in [2.24, 2.45) is 0 Å². The van der Waals surface area contributed by atoms with E-state index in [4.69, 9.17) is 15.0 Å². The van der Waals surface area contributed by atoms with Gasteiger partial charge in [-0.15, -0.1) is 11.3 Å². The normalized spacial score (nSPS) is 13.0. The van der Waals surface area contributed by atoms with E-state index >= 15 is 0 Å². The van der Waals surface area contributed by atoms with Crippen molar-refractivity contribution in [1.82, 2.24) is 19.5 Å². The third-order valence-electron chi connectivity index (χ3n) is 8.62. The number of allylic oxidation sites excluding steroid dienone is 1. The summed E-state index contributed by atoms with van der Waals surface area (Å²) in [7, 11) is 0. The SMILES string of the molecule is C1=C(c2ccccc2)CCc2c1n(-c1nc(-c3ccccc3)nc(-c3cccc4c3sc3ccccc34)n1)c1ccccc21. The lowest BCUT2D eigenvalue weighted by Crippen LogP contribution is -2.09. The molecule has 0 unspecified atom stereocenters. The first-order valence-corrected chi connectivity index (χ1v) is 15.7. The monoisotopic (exact) mass is 582 g/mol. The van der Waals surface area contributed by atoms with Crippen molar-refractivity contribution in [2.45, 2.75) is 12.8 Å². The molecule has 1 aliphatic carbocycles. The Kier molecular flexibility index (Phi) is 5.78. The Morgan fingerprint density at radius 3 is 2.07 bits per heavy atom. The summed E-state index contributed by atoms with van der Waals surface area (Å²) >= 11 is 1.79. The summed E-state index contributed by atoms with van der Waals surface area (Å²) in [6, 6.07) is 44.6. The number of rotatable bonds is 4. The van der Waals surface area contributed by atoms with Crippen LogP contribution in [-0.2, 0) is 6.42 Å². The molecule has 3 heterocycles. The topological polar surface area (TPSA) is 43.6 Å². The van der Waals surface area contributed by atoms with E-state index in [1.165, 1.54) is 42.3 Å². The van der Waals surface area contributed by atoms with Crippen molar-refractivity contribution in [1.29, 1.82) is 0 Å². The highest BCUT2D eigenvalue weighted by atomic mass is 32.1. The van der Waals surface area contributed by atoms with Crippen molar-refractivity contribution in [2.75, 3.05) is 0 Å². The molecule has 0 spiro atoms. The van der Waals surface area contributed by atoms with Crippen molar-refractivity contribution >= 4 is 54.1 Å². The largest absolute Gasteiger partial charge is 0.278 e. The molecule has 0 amide bonds. The molecular weight excluding hydrogens is 557 g/mol. The summed E-state index contributed by atoms with van der Waals surface area (Å²) in [5, 5.41) is 3.74. The van der Waals surface area contributed by atoms with E-state index in [-0.39, 0.29) is 0 Å². The highest BCUT2D eigenvalue weighted by Crippen LogP contribution is 2.41. The van der Waals surface area contributed by atoms with Crippen LogP contribution in [0.5, 0.6) is 0 Å². The van der Waals surface area contributed by atoms with E-state index in [1.807, 2.05) is 18.2 Å². The molecule has 44 heavy (non-hydrogen) atoms. The summed E-state index contributed by atoms with van der Waals surface area (Å²) in [6.45, 7) is 0. The first-order chi connectivity index (χ1) is 21.8. The van der Waals surface area contributed by atoms with Crippen LogP contribution >= 0.6 is 11.3 Å². The van der Waals surface area contributed by atoms with E-state index in [2.05, 4.69) is 120 Å². The molecule has 0 bridgehead atoms. The van der Waals surface area contributed by atoms with Crippen LogP contribution in [0.1, 0.15) is 23.2 Å². The molecule has 1 aliphatic rings. The second-order valence-corrected chi connectivity index (χ2v) is 12.2. The molecule has 5 aromatic carbocycles. The summed E-state index contributed by atoms with van der Waals surface area (Å²) in [4.78, 5) is 15.5. The van der Waals surface area contributed by atoms with Gasteiger partial charge in [-0.3, -0.25) is 4.57 Å². The zero-order valence-electron chi connectivity index (χ0n) is 23.8. The molecule has 0 atom stereocenters. The van der Waals surface area contributed by atoms with Gasteiger partial charge in [0.1, 0.15) is 0 Å². The zero-order chi connectivity index (χ0) is 29.0. The van der Waals surface area contributed by atoms with Crippen LogP contribution in [0.15, 0.2) is 127 Å². The van der Waals surface area contributed by atoms with Crippen LogP contribution < -0.4 is 0 Å². The van der Waals surface area contributed by atoms with Gasteiger partial charge in [-0.1, -0.05) is 109 Å². The van der Waals surface area contributed by atoms with Gasteiger partial charge in [0.15, 0.2) is 11.6 Å². The van der Waals surface area contributed by atoms with Gasteiger partial charge in [-0.25, -0.2) is 4.98 Å². The number of hydrogen-bond donors (Lipinski definition) is 0. The molecular formula is C39H26N4S. The van der Waals surface area contributed by atoms with Crippen LogP contribution in [0.4, 0.5) is 0 Å². The number of para-hydroxylation sites is 1. The second-order valence-electron chi connectivity index (χ2n) is 11.2. The fourth-order valence-corrected chi connectivity index (χ4v) is 7.77. The molecule has 208 valence electrons. The lowest BCUT2D eigenvalue weighted by Gasteiger charge is -2.17. The molecule has 0 fully saturated rings. The average molecular weight is 583 g/mol. The van der Waals surface area contributed by atoms with Crippen molar-refractivity contribution < 1.29 is 0 Å². The number of aromatic nitrogens is 4. The fraction of sp³-hybridized carbons (Fsp3) is 0.0513. The van der Waals surface area contributed by atoms with Gasteiger partial charge in [-0.05, 0) is 53.8 Å². The van der Waals surface area contributed by atoms with E-state index in [0.717, 1.165) is 35.2 Å². The van der Waals surface area contributed by atoms with Gasteiger partial charge < -0.3 is 0 Å². The Morgan fingerprint density at radius 1 is 0.545 bits per heavy atom. The molecule has 0 saturated heterocycles. The highest BCUT2D eigenvalue weighted by molar-refractivity contribution is 7.26. The highest BCUT2D eigenvalue weighted by Gasteiger charge is 2.24. The van der Waals surface area contributed by atoms with Crippen LogP contribution in [0.3, 0.4) is 0 Å². The standard InChI is InChI=1S/C39H26N4S/c1-3-12-25(13-4-1)27-22-23-29-28-16-7-9-20-33(28)43(34(29)24-27)39-41-37(26-14-5-2-6-15-26)40-38(42-39)32-19-11-18-31-30-17-8-10-21-35(30)44-36(31)32/h1-21,24H,22-23H2. The van der Waals surface area contributed by atoms with E-state index in [9.17, 15) is 0 Å². The zero-order valence-corrected chi connectivity index (χ0v) is 24.6. The van der Waals surface area contributed by atoms with Crippen molar-refractivity contribution in [3.8, 4) is 28.7 Å². The van der Waals surface area contributed by atoms with Gasteiger partial charge in [0.25, 0.3) is 0 Å². The average Bonchev–Trinajstić information content (AvgIpc) is 3.64. The maximum absolute atomic E-state index is 5.27. The summed E-state index contributed by atoms with van der Waals surface area (Å²) < 4.78 is 4.70. The van der Waals surface area contributed by atoms with Gasteiger partial charge in [-0.2, -0.15) is 9.97 Å². The minimum atomic E-state index is 0.634. The Morgan fingerprint density at radius 2 is 1.23 bits per heavy atom. The Balaban J connectivity index is 1.33. The lowest BCUT2D eigenvalue weighted by atomic mass is 9.91. The maximum atomic E-state index is 5.27. The smallest absolute Gasteiger partial charge is 0.238 e. The Hall–Kier alpha value is -5.39. The van der Waals surface area contributed by atoms with Crippen LogP contribution in [0, 0.1) is 0 Å². The first-order valence-electron chi connectivity index (χ1n) is 14.9. The third-order valence-corrected chi connectivity index (χ3v) is 9.84. The van der Waals surface area contributed by atoms with Gasteiger partial charge in [0, 0.05) is 36.7 Å². The molecule has 3 aromatic heterocycles. The van der Waals surface area contributed by atoms with E-state index in [1.54, 1.807) is 11.3 Å². The van der Waals surface area contributed by atoms with Crippen LogP contribution in [0.2, 0.25) is 0 Å². The number of hydrogen-bond acceptors (Lipinski definition) is 4. The summed E-state index contributed by atoms with van der Waals surface area (Å²) in [5.74, 6) is 1.98. The number of benzene rings is 5. The summed E-state index contributed by atoms with van der Waals surface area (Å²) in [6.07, 6.45) is 4.30. The van der Waals surface area contributed by atoms with Gasteiger partial charge in [0.2, 0.25) is 5.95 Å². The number of thiophene rings is 1. The molecule has 0 aliphatic heterocycles. The first kappa shape index (κ1) is 25.1. The molecule has 8 aromatic rings. The van der Waals surface area contributed by atoms with E-state index in [0.29, 0.717) is 17.6 Å². The Labute approximate surface area is 258 Å². The quantitative estimate of drug-likeness (QED) is 0.207. The molecule has 4 nitrogen and oxygen atoms in total. The van der Waals surface area contributed by atoms with Crippen molar-refractivity contribution in [3.63, 3.8) is 0 Å².